The molecule has 0 saturated carbocycles. The summed E-state index contributed by atoms with van der Waals surface area (Å²) in [5, 5.41) is 10.1. The van der Waals surface area contributed by atoms with Gasteiger partial charge in [0.2, 0.25) is 0 Å². The third kappa shape index (κ3) is 2.52. The number of aliphatic hydroxyl groups is 1. The maximum atomic E-state index is 12.0. The molecular formula is C16H21ClN2O3. The predicted molar refractivity (Wildman–Crippen MR) is 85.6 cm³/mol. The van der Waals surface area contributed by atoms with Crippen molar-refractivity contribution >= 4 is 23.4 Å². The smallest absolute Gasteiger partial charge is 0.409 e. The van der Waals surface area contributed by atoms with Crippen molar-refractivity contribution in [1.29, 1.82) is 0 Å². The number of anilines is 1. The van der Waals surface area contributed by atoms with Crippen molar-refractivity contribution in [2.75, 3.05) is 37.7 Å². The van der Waals surface area contributed by atoms with E-state index in [1.54, 1.807) is 4.90 Å². The quantitative estimate of drug-likeness (QED) is 0.928. The molecule has 0 aromatic heterocycles. The highest BCUT2D eigenvalue weighted by Crippen LogP contribution is 2.47. The molecule has 2 aliphatic rings. The Balaban J connectivity index is 1.89. The highest BCUT2D eigenvalue weighted by molar-refractivity contribution is 6.33. The van der Waals surface area contributed by atoms with E-state index >= 15 is 0 Å². The van der Waals surface area contributed by atoms with Crippen LogP contribution >= 0.6 is 11.6 Å². The molecular weight excluding hydrogens is 304 g/mol. The number of likely N-dealkylation sites (tertiary alicyclic amines) is 1. The Bertz CT molecular complexity index is 566. The molecule has 2 atom stereocenters. The van der Waals surface area contributed by atoms with E-state index in [4.69, 9.17) is 16.3 Å². The van der Waals surface area contributed by atoms with Crippen LogP contribution in [0.3, 0.4) is 0 Å². The van der Waals surface area contributed by atoms with E-state index < -0.39 is 0 Å². The first-order chi connectivity index (χ1) is 10.7. The number of aliphatic hydroxyl groups excluding tert-OH is 1. The fourth-order valence-corrected chi connectivity index (χ4v) is 3.97. The number of para-hydroxylation sites is 1. The van der Waals surface area contributed by atoms with Gasteiger partial charge in [-0.2, -0.15) is 0 Å². The van der Waals surface area contributed by atoms with Gasteiger partial charge in [-0.15, -0.1) is 0 Å². The number of hydrogen-bond donors (Lipinski definition) is 1. The summed E-state index contributed by atoms with van der Waals surface area (Å²) in [6.07, 6.45) is 0.610. The highest BCUT2D eigenvalue weighted by atomic mass is 35.5. The van der Waals surface area contributed by atoms with Gasteiger partial charge in [0, 0.05) is 31.6 Å². The van der Waals surface area contributed by atoms with Gasteiger partial charge in [-0.3, -0.25) is 0 Å². The zero-order chi connectivity index (χ0) is 15.7. The number of amides is 1. The number of carbonyl (C=O) groups excluding carboxylic acids is 1. The first kappa shape index (κ1) is 15.4. The average Bonchev–Trinajstić information content (AvgIpc) is 2.83. The first-order valence-electron chi connectivity index (χ1n) is 7.75. The van der Waals surface area contributed by atoms with Crippen LogP contribution in [0.1, 0.15) is 24.8 Å². The molecule has 1 saturated heterocycles. The molecule has 22 heavy (non-hydrogen) atoms. The van der Waals surface area contributed by atoms with E-state index in [0.29, 0.717) is 31.3 Å². The lowest BCUT2D eigenvalue weighted by Crippen LogP contribution is -2.48. The Morgan fingerprint density at radius 1 is 1.50 bits per heavy atom. The van der Waals surface area contributed by atoms with E-state index in [1.165, 1.54) is 5.56 Å². The summed E-state index contributed by atoms with van der Waals surface area (Å²) in [5.74, 6) is 0.221. The summed E-state index contributed by atoms with van der Waals surface area (Å²) in [5.41, 5.74) is 2.18. The summed E-state index contributed by atoms with van der Waals surface area (Å²) < 4.78 is 5.12. The van der Waals surface area contributed by atoms with Gasteiger partial charge in [0.15, 0.2) is 0 Å². The molecule has 1 fully saturated rings. The zero-order valence-corrected chi connectivity index (χ0v) is 13.4. The summed E-state index contributed by atoms with van der Waals surface area (Å²) >= 11 is 6.39. The van der Waals surface area contributed by atoms with Crippen molar-refractivity contribution in [2.24, 2.45) is 0 Å². The fourth-order valence-electron chi connectivity index (χ4n) is 3.68. The van der Waals surface area contributed by atoms with Crippen LogP contribution in [0, 0.1) is 0 Å². The molecule has 0 radical (unpaired) electrons. The van der Waals surface area contributed by atoms with E-state index in [2.05, 4.69) is 11.0 Å². The van der Waals surface area contributed by atoms with Crippen molar-refractivity contribution in [3.05, 3.63) is 28.8 Å². The second-order valence-electron chi connectivity index (χ2n) is 5.70. The van der Waals surface area contributed by atoms with Crippen LogP contribution in [-0.2, 0) is 4.74 Å². The van der Waals surface area contributed by atoms with Gasteiger partial charge in [-0.1, -0.05) is 23.7 Å². The Hall–Kier alpha value is -1.46. The third-order valence-corrected chi connectivity index (χ3v) is 4.85. The normalized spacial score (nSPS) is 23.2. The van der Waals surface area contributed by atoms with Crippen LogP contribution in [0.4, 0.5) is 10.5 Å². The second kappa shape index (κ2) is 6.34. The lowest BCUT2D eigenvalue weighted by Gasteiger charge is -2.38. The molecule has 1 N–H and O–H groups in total. The molecule has 0 aliphatic carbocycles. The monoisotopic (exact) mass is 324 g/mol. The molecule has 0 unspecified atom stereocenters. The van der Waals surface area contributed by atoms with E-state index in [1.807, 2.05) is 19.1 Å². The molecule has 3 rings (SSSR count). The number of β-amino-alcohol motifs (C(OH)–C–C–N with tert-alkyl or cyclic N) is 1. The number of benzene rings is 1. The van der Waals surface area contributed by atoms with E-state index in [-0.39, 0.29) is 24.7 Å². The molecule has 2 aliphatic heterocycles. The minimum Gasteiger partial charge on any atom is -0.450 e. The average molecular weight is 325 g/mol. The molecule has 1 aromatic rings. The van der Waals surface area contributed by atoms with Gasteiger partial charge in [0.25, 0.3) is 0 Å². The lowest BCUT2D eigenvalue weighted by atomic mass is 9.89. The van der Waals surface area contributed by atoms with Crippen LogP contribution in [0.25, 0.3) is 0 Å². The maximum Gasteiger partial charge on any atom is 0.409 e. The van der Waals surface area contributed by atoms with Crippen LogP contribution in [0.15, 0.2) is 18.2 Å². The predicted octanol–water partition coefficient (Wildman–Crippen LogP) is 2.47. The van der Waals surface area contributed by atoms with Gasteiger partial charge in [0.1, 0.15) is 0 Å². The van der Waals surface area contributed by atoms with Gasteiger partial charge >= 0.3 is 6.09 Å². The Morgan fingerprint density at radius 3 is 3.05 bits per heavy atom. The molecule has 1 amide bonds. The van der Waals surface area contributed by atoms with Crippen molar-refractivity contribution in [3.8, 4) is 0 Å². The molecule has 1 aromatic carbocycles. The van der Waals surface area contributed by atoms with Crippen molar-refractivity contribution in [1.82, 2.24) is 4.90 Å². The van der Waals surface area contributed by atoms with Crippen LogP contribution in [0.2, 0.25) is 5.02 Å². The van der Waals surface area contributed by atoms with Gasteiger partial charge in [-0.25, -0.2) is 4.79 Å². The summed E-state index contributed by atoms with van der Waals surface area (Å²) in [7, 11) is 0. The largest absolute Gasteiger partial charge is 0.450 e. The van der Waals surface area contributed by atoms with Gasteiger partial charge in [-0.05, 0) is 25.0 Å². The molecule has 2 heterocycles. The summed E-state index contributed by atoms with van der Waals surface area (Å²) in [6, 6.07) is 6.19. The number of rotatable bonds is 3. The minimum absolute atomic E-state index is 0.0927. The van der Waals surface area contributed by atoms with Gasteiger partial charge in [0.05, 0.1) is 23.9 Å². The van der Waals surface area contributed by atoms with Gasteiger partial charge < -0.3 is 19.6 Å². The Labute approximate surface area is 135 Å². The van der Waals surface area contributed by atoms with Crippen LogP contribution < -0.4 is 4.90 Å². The molecule has 0 bridgehead atoms. The van der Waals surface area contributed by atoms with Crippen LogP contribution in [0.5, 0.6) is 0 Å². The van der Waals surface area contributed by atoms with E-state index in [9.17, 15) is 9.90 Å². The Morgan fingerprint density at radius 2 is 2.32 bits per heavy atom. The molecule has 0 spiro atoms. The topological polar surface area (TPSA) is 53.0 Å². The van der Waals surface area contributed by atoms with Crippen LogP contribution in [-0.4, -0.2) is 55.0 Å². The second-order valence-corrected chi connectivity index (χ2v) is 6.11. The minimum atomic E-state index is -0.245. The fraction of sp³-hybridized carbons (Fsp3) is 0.562. The highest BCUT2D eigenvalue weighted by Gasteiger charge is 2.43. The number of hydrogen-bond acceptors (Lipinski definition) is 4. The number of nitrogens with zero attached hydrogens (tertiary/aromatic N) is 2. The molecule has 5 nitrogen and oxygen atoms in total. The molecule has 6 heteroatoms. The summed E-state index contributed by atoms with van der Waals surface area (Å²) in [6.45, 7) is 4.18. The number of piperidine rings is 1. The maximum absolute atomic E-state index is 12.0. The van der Waals surface area contributed by atoms with Crippen molar-refractivity contribution < 1.29 is 14.6 Å². The third-order valence-electron chi connectivity index (χ3n) is 4.55. The number of ether oxygens (including phenoxy) is 1. The Kier molecular flexibility index (Phi) is 4.45. The molecule has 120 valence electrons. The lowest BCUT2D eigenvalue weighted by molar-refractivity contribution is 0.0931. The SMILES string of the molecule is CCOC(=O)N1CC[C@H]2[C@@H](C1)c1cccc(Cl)c1N2CCO. The zero-order valence-electron chi connectivity index (χ0n) is 12.7. The number of halogens is 1. The van der Waals surface area contributed by atoms with E-state index in [0.717, 1.165) is 12.1 Å². The number of carbonyl (C=O) groups is 1. The summed E-state index contributed by atoms with van der Waals surface area (Å²) in [4.78, 5) is 16.0. The first-order valence-corrected chi connectivity index (χ1v) is 8.12. The van der Waals surface area contributed by atoms with Crippen molar-refractivity contribution in [3.63, 3.8) is 0 Å². The standard InChI is InChI=1S/C16H21ClN2O3/c1-2-22-16(21)18-7-6-14-12(10-18)11-4-3-5-13(17)15(11)19(14)8-9-20/h3-5,12,14,20H,2,6-10H2,1H3/t12-,14-/m0/s1. The number of fused-ring (bicyclic) bond motifs is 3. The van der Waals surface area contributed by atoms with Crippen molar-refractivity contribution in [2.45, 2.75) is 25.3 Å².